The van der Waals surface area contributed by atoms with Crippen LogP contribution in [0.15, 0.2) is 18.3 Å². The van der Waals surface area contributed by atoms with E-state index < -0.39 is 5.97 Å². The largest absolute Gasteiger partial charge is 0.490 e. The predicted octanol–water partition coefficient (Wildman–Crippen LogP) is 3.94. The highest BCUT2D eigenvalue weighted by Gasteiger charge is 2.18. The highest BCUT2D eigenvalue weighted by Crippen LogP contribution is 2.35. The third-order valence-corrected chi connectivity index (χ3v) is 3.53. The number of hydrogen-bond acceptors (Lipinski definition) is 3. The van der Waals surface area contributed by atoms with Crippen molar-refractivity contribution in [2.24, 2.45) is 0 Å². The summed E-state index contributed by atoms with van der Waals surface area (Å²) in [5, 5.41) is 10.1. The molecule has 5 heteroatoms. The van der Waals surface area contributed by atoms with Crippen LogP contribution in [0.1, 0.15) is 44.0 Å². The molecule has 0 saturated carbocycles. The molecule has 0 fully saturated rings. The van der Waals surface area contributed by atoms with E-state index in [-0.39, 0.29) is 0 Å². The second kappa shape index (κ2) is 7.20. The molecule has 0 amide bonds. The number of ether oxygens (including phenoxy) is 2. The first-order valence-corrected chi connectivity index (χ1v) is 7.78. The van der Waals surface area contributed by atoms with Gasteiger partial charge in [0.25, 0.3) is 0 Å². The molecule has 0 unspecified atom stereocenters. The van der Waals surface area contributed by atoms with Crippen molar-refractivity contribution in [2.45, 2.75) is 40.2 Å². The molecular formula is C17H23NO4. The Morgan fingerprint density at radius 2 is 1.77 bits per heavy atom. The number of aromatic nitrogens is 1. The molecule has 1 heterocycles. The van der Waals surface area contributed by atoms with Crippen molar-refractivity contribution >= 4 is 16.9 Å². The number of aromatic carboxylic acids is 1. The first kappa shape index (κ1) is 16.2. The lowest BCUT2D eigenvalue weighted by Gasteiger charge is -2.12. The Morgan fingerprint density at radius 1 is 1.14 bits per heavy atom. The van der Waals surface area contributed by atoms with Gasteiger partial charge in [0.15, 0.2) is 11.5 Å². The van der Waals surface area contributed by atoms with Gasteiger partial charge in [-0.25, -0.2) is 4.79 Å². The standard InChI is InChI=1S/C17H23NO4/c1-4-7-8-18-11-13(17(19)20)12-9-15(21-5-2)16(22-6-3)10-14(12)18/h9-11H,4-8H2,1-3H3,(H,19,20). The third kappa shape index (κ3) is 3.18. The van der Waals surface area contributed by atoms with E-state index in [1.165, 1.54) is 0 Å². The number of carbonyl (C=O) groups is 1. The van der Waals surface area contributed by atoms with E-state index in [1.807, 2.05) is 24.5 Å². The van der Waals surface area contributed by atoms with Crippen LogP contribution in [0.25, 0.3) is 10.9 Å². The van der Waals surface area contributed by atoms with Gasteiger partial charge >= 0.3 is 5.97 Å². The topological polar surface area (TPSA) is 60.7 Å². The zero-order valence-corrected chi connectivity index (χ0v) is 13.4. The maximum Gasteiger partial charge on any atom is 0.337 e. The van der Waals surface area contributed by atoms with Crippen molar-refractivity contribution < 1.29 is 19.4 Å². The summed E-state index contributed by atoms with van der Waals surface area (Å²) in [6, 6.07) is 3.65. The normalized spacial score (nSPS) is 10.9. The van der Waals surface area contributed by atoms with Crippen LogP contribution in [-0.2, 0) is 6.54 Å². The fourth-order valence-corrected chi connectivity index (χ4v) is 2.52. The first-order valence-electron chi connectivity index (χ1n) is 7.78. The third-order valence-electron chi connectivity index (χ3n) is 3.53. The molecular weight excluding hydrogens is 282 g/mol. The minimum Gasteiger partial charge on any atom is -0.490 e. The molecule has 0 aliphatic heterocycles. The van der Waals surface area contributed by atoms with Crippen molar-refractivity contribution in [3.63, 3.8) is 0 Å². The lowest BCUT2D eigenvalue weighted by atomic mass is 10.1. The molecule has 1 aromatic carbocycles. The van der Waals surface area contributed by atoms with E-state index in [4.69, 9.17) is 9.47 Å². The Morgan fingerprint density at radius 3 is 2.32 bits per heavy atom. The highest BCUT2D eigenvalue weighted by molar-refractivity contribution is 6.04. The van der Waals surface area contributed by atoms with E-state index in [1.54, 1.807) is 12.3 Å². The Kier molecular flexibility index (Phi) is 5.31. The molecule has 1 aromatic heterocycles. The van der Waals surface area contributed by atoms with Gasteiger partial charge in [-0.1, -0.05) is 13.3 Å². The highest BCUT2D eigenvalue weighted by atomic mass is 16.5. The van der Waals surface area contributed by atoms with Gasteiger partial charge < -0.3 is 19.1 Å². The Bertz CT molecular complexity index is 660. The fourth-order valence-electron chi connectivity index (χ4n) is 2.52. The van der Waals surface area contributed by atoms with Crippen molar-refractivity contribution in [1.82, 2.24) is 4.57 Å². The zero-order chi connectivity index (χ0) is 16.1. The van der Waals surface area contributed by atoms with Gasteiger partial charge in [-0.05, 0) is 26.3 Å². The molecule has 1 N–H and O–H groups in total. The van der Waals surface area contributed by atoms with Crippen LogP contribution in [0.4, 0.5) is 0 Å². The lowest BCUT2D eigenvalue weighted by molar-refractivity contribution is 0.0698. The van der Waals surface area contributed by atoms with Gasteiger partial charge in [-0.15, -0.1) is 0 Å². The van der Waals surface area contributed by atoms with Crippen molar-refractivity contribution in [1.29, 1.82) is 0 Å². The number of rotatable bonds is 8. The number of carboxylic acids is 1. The molecule has 0 aliphatic carbocycles. The van der Waals surface area contributed by atoms with Gasteiger partial charge in [0.2, 0.25) is 0 Å². The number of carboxylic acid groups (broad SMARTS) is 1. The SMILES string of the molecule is CCCCn1cc(C(=O)O)c2cc(OCC)c(OCC)cc21. The van der Waals surface area contributed by atoms with Crippen LogP contribution in [0.3, 0.4) is 0 Å². The van der Waals surface area contributed by atoms with E-state index in [9.17, 15) is 9.90 Å². The molecule has 0 radical (unpaired) electrons. The lowest BCUT2D eigenvalue weighted by Crippen LogP contribution is -2.00. The van der Waals surface area contributed by atoms with Crippen LogP contribution in [0.2, 0.25) is 0 Å². The molecule has 0 bridgehead atoms. The Labute approximate surface area is 130 Å². The van der Waals surface area contributed by atoms with Gasteiger partial charge in [0, 0.05) is 24.2 Å². The number of nitrogens with zero attached hydrogens (tertiary/aromatic N) is 1. The van der Waals surface area contributed by atoms with E-state index in [2.05, 4.69) is 6.92 Å². The van der Waals surface area contributed by atoms with E-state index in [0.29, 0.717) is 35.7 Å². The molecule has 22 heavy (non-hydrogen) atoms. The number of benzene rings is 1. The number of unbranched alkanes of at least 4 members (excludes halogenated alkanes) is 1. The second-order valence-electron chi connectivity index (χ2n) is 5.08. The quantitative estimate of drug-likeness (QED) is 0.802. The summed E-state index contributed by atoms with van der Waals surface area (Å²) in [7, 11) is 0. The Hall–Kier alpha value is -2.17. The summed E-state index contributed by atoms with van der Waals surface area (Å²) in [5.41, 5.74) is 1.17. The summed E-state index contributed by atoms with van der Waals surface area (Å²) in [6.45, 7) is 7.75. The number of hydrogen-bond donors (Lipinski definition) is 1. The van der Waals surface area contributed by atoms with Crippen LogP contribution in [-0.4, -0.2) is 28.9 Å². The maximum absolute atomic E-state index is 11.5. The number of fused-ring (bicyclic) bond motifs is 1. The monoisotopic (exact) mass is 305 g/mol. The minimum absolute atomic E-state index is 0.301. The molecule has 0 atom stereocenters. The van der Waals surface area contributed by atoms with E-state index >= 15 is 0 Å². The maximum atomic E-state index is 11.5. The average Bonchev–Trinajstić information content (AvgIpc) is 2.84. The molecule has 2 rings (SSSR count). The molecule has 0 aliphatic rings. The zero-order valence-electron chi connectivity index (χ0n) is 13.4. The number of aryl methyl sites for hydroxylation is 1. The molecule has 5 nitrogen and oxygen atoms in total. The Balaban J connectivity index is 2.61. The van der Waals surface area contributed by atoms with Gasteiger partial charge in [-0.3, -0.25) is 0 Å². The minimum atomic E-state index is -0.924. The summed E-state index contributed by atoms with van der Waals surface area (Å²) in [5.74, 6) is 0.323. The average molecular weight is 305 g/mol. The first-order chi connectivity index (χ1) is 10.6. The van der Waals surface area contributed by atoms with Crippen molar-refractivity contribution in [3.8, 4) is 11.5 Å². The van der Waals surface area contributed by atoms with Crippen LogP contribution in [0, 0.1) is 0 Å². The predicted molar refractivity (Wildman–Crippen MR) is 86.1 cm³/mol. The summed E-state index contributed by atoms with van der Waals surface area (Å²) >= 11 is 0. The second-order valence-corrected chi connectivity index (χ2v) is 5.08. The van der Waals surface area contributed by atoms with Crippen LogP contribution in [0.5, 0.6) is 11.5 Å². The van der Waals surface area contributed by atoms with Gasteiger partial charge in [0.1, 0.15) is 0 Å². The molecule has 2 aromatic rings. The van der Waals surface area contributed by atoms with Gasteiger partial charge in [-0.2, -0.15) is 0 Å². The molecule has 120 valence electrons. The molecule has 0 spiro atoms. The van der Waals surface area contributed by atoms with Gasteiger partial charge in [0.05, 0.1) is 24.3 Å². The molecule has 0 saturated heterocycles. The summed E-state index contributed by atoms with van der Waals surface area (Å²) < 4.78 is 13.2. The fraction of sp³-hybridized carbons (Fsp3) is 0.471. The van der Waals surface area contributed by atoms with Crippen molar-refractivity contribution in [2.75, 3.05) is 13.2 Å². The summed E-state index contributed by atoms with van der Waals surface area (Å²) in [4.78, 5) is 11.5. The van der Waals surface area contributed by atoms with E-state index in [0.717, 1.165) is 24.9 Å². The smallest absolute Gasteiger partial charge is 0.337 e. The summed E-state index contributed by atoms with van der Waals surface area (Å²) in [6.07, 6.45) is 3.76. The van der Waals surface area contributed by atoms with Crippen LogP contribution >= 0.6 is 0 Å². The van der Waals surface area contributed by atoms with Crippen molar-refractivity contribution in [3.05, 3.63) is 23.9 Å². The van der Waals surface area contributed by atoms with Crippen LogP contribution < -0.4 is 9.47 Å².